The van der Waals surface area contributed by atoms with Gasteiger partial charge in [0.2, 0.25) is 0 Å². The van der Waals surface area contributed by atoms with Gasteiger partial charge in [0.05, 0.1) is 30.4 Å². The van der Waals surface area contributed by atoms with Crippen LogP contribution < -0.4 is 0 Å². The van der Waals surface area contributed by atoms with Gasteiger partial charge in [-0.3, -0.25) is 4.90 Å². The Balaban J connectivity index is 1.90. The lowest BCUT2D eigenvalue weighted by Gasteiger charge is -2.33. The summed E-state index contributed by atoms with van der Waals surface area (Å²) in [6, 6.07) is 13.4. The smallest absolute Gasteiger partial charge is 0.336 e. The summed E-state index contributed by atoms with van der Waals surface area (Å²) in [7, 11) is 0. The van der Waals surface area contributed by atoms with E-state index in [-0.39, 0.29) is 6.04 Å². The number of carboxylic acids is 1. The largest absolute Gasteiger partial charge is 0.478 e. The third-order valence-electron chi connectivity index (χ3n) is 5.73. The quantitative estimate of drug-likeness (QED) is 0.733. The summed E-state index contributed by atoms with van der Waals surface area (Å²) in [5, 5.41) is 19.0. The summed E-state index contributed by atoms with van der Waals surface area (Å²) in [6.07, 6.45) is 2.04. The van der Waals surface area contributed by atoms with Crippen LogP contribution in [0.25, 0.3) is 16.6 Å². The van der Waals surface area contributed by atoms with Crippen molar-refractivity contribution in [2.45, 2.75) is 19.9 Å². The van der Waals surface area contributed by atoms with Crippen LogP contribution in [0.5, 0.6) is 0 Å². The Labute approximate surface area is 169 Å². The third-order valence-corrected chi connectivity index (χ3v) is 5.73. The number of nitrogens with zero attached hydrogens (tertiary/aromatic N) is 3. The lowest BCUT2D eigenvalue weighted by molar-refractivity contribution is 0.0187. The maximum Gasteiger partial charge on any atom is 0.336 e. The number of ether oxygens (including phenoxy) is 1. The monoisotopic (exact) mass is 389 g/mol. The van der Waals surface area contributed by atoms with Crippen LogP contribution in [0.2, 0.25) is 0 Å². The Morgan fingerprint density at radius 2 is 1.97 bits per heavy atom. The number of aromatic nitrogens is 1. The molecule has 0 spiro atoms. The van der Waals surface area contributed by atoms with Gasteiger partial charge in [0.1, 0.15) is 0 Å². The fourth-order valence-electron chi connectivity index (χ4n) is 4.18. The molecule has 1 aliphatic rings. The first-order chi connectivity index (χ1) is 14.0. The highest BCUT2D eigenvalue weighted by Crippen LogP contribution is 2.32. The average molecular weight is 389 g/mol. The van der Waals surface area contributed by atoms with Crippen molar-refractivity contribution in [1.29, 1.82) is 5.26 Å². The Morgan fingerprint density at radius 3 is 2.66 bits per heavy atom. The zero-order valence-electron chi connectivity index (χ0n) is 16.6. The zero-order chi connectivity index (χ0) is 20.5. The van der Waals surface area contributed by atoms with Crippen molar-refractivity contribution in [3.8, 4) is 17.2 Å². The minimum Gasteiger partial charge on any atom is -0.478 e. The van der Waals surface area contributed by atoms with Crippen molar-refractivity contribution in [3.05, 3.63) is 65.0 Å². The topological polar surface area (TPSA) is 78.0 Å². The van der Waals surface area contributed by atoms with Gasteiger partial charge >= 0.3 is 5.97 Å². The second-order valence-corrected chi connectivity index (χ2v) is 7.41. The molecule has 0 radical (unpaired) electrons. The summed E-state index contributed by atoms with van der Waals surface area (Å²) in [6.45, 7) is 7.00. The minimum absolute atomic E-state index is 0.0476. The molecule has 3 aromatic rings. The fraction of sp³-hybridized carbons (Fsp3) is 0.304. The van der Waals surface area contributed by atoms with E-state index in [4.69, 9.17) is 4.74 Å². The summed E-state index contributed by atoms with van der Waals surface area (Å²) in [5.74, 6) is -0.922. The molecule has 1 atom stereocenters. The van der Waals surface area contributed by atoms with Crippen LogP contribution in [-0.4, -0.2) is 46.7 Å². The molecule has 1 aliphatic heterocycles. The molecular formula is C23H23N3O3. The van der Waals surface area contributed by atoms with Crippen molar-refractivity contribution >= 4 is 11.5 Å². The summed E-state index contributed by atoms with van der Waals surface area (Å²) in [5.41, 5.74) is 5.40. The predicted molar refractivity (Wildman–Crippen MR) is 110 cm³/mol. The van der Waals surface area contributed by atoms with Crippen LogP contribution in [0.3, 0.4) is 0 Å². The Morgan fingerprint density at radius 1 is 1.21 bits per heavy atom. The molecule has 0 saturated carbocycles. The molecule has 148 valence electrons. The lowest BCUT2D eigenvalue weighted by atomic mass is 10.0. The average Bonchev–Trinajstić information content (AvgIpc) is 3.17. The molecule has 6 heteroatoms. The predicted octanol–water partition coefficient (Wildman–Crippen LogP) is 3.88. The van der Waals surface area contributed by atoms with Gasteiger partial charge < -0.3 is 14.2 Å². The van der Waals surface area contributed by atoms with Crippen molar-refractivity contribution in [2.75, 3.05) is 26.3 Å². The number of carbonyl (C=O) groups is 1. The van der Waals surface area contributed by atoms with Gasteiger partial charge in [-0.2, -0.15) is 5.26 Å². The number of benzene rings is 1. The third kappa shape index (κ3) is 3.51. The first kappa shape index (κ1) is 19.2. The van der Waals surface area contributed by atoms with E-state index in [0.29, 0.717) is 24.3 Å². The molecule has 1 aromatic carbocycles. The number of morpholine rings is 1. The van der Waals surface area contributed by atoms with Crippen LogP contribution in [0.15, 0.2) is 42.6 Å². The Bertz CT molecular complexity index is 1120. The number of hydrogen-bond donors (Lipinski definition) is 1. The van der Waals surface area contributed by atoms with Crippen LogP contribution in [0, 0.1) is 18.3 Å². The first-order valence-corrected chi connectivity index (χ1v) is 9.71. The van der Waals surface area contributed by atoms with Crippen molar-refractivity contribution in [3.63, 3.8) is 0 Å². The van der Waals surface area contributed by atoms with E-state index in [1.54, 1.807) is 12.1 Å². The molecule has 2 aromatic heterocycles. The molecule has 6 nitrogen and oxygen atoms in total. The van der Waals surface area contributed by atoms with Gasteiger partial charge in [-0.05, 0) is 49.2 Å². The van der Waals surface area contributed by atoms with Crippen LogP contribution in [0.4, 0.5) is 0 Å². The van der Waals surface area contributed by atoms with E-state index in [1.165, 1.54) is 0 Å². The van der Waals surface area contributed by atoms with E-state index in [2.05, 4.69) is 22.3 Å². The molecule has 4 rings (SSSR count). The second kappa shape index (κ2) is 7.70. The maximum absolute atomic E-state index is 11.9. The van der Waals surface area contributed by atoms with Gasteiger partial charge in [-0.25, -0.2) is 4.79 Å². The molecule has 0 aliphatic carbocycles. The minimum atomic E-state index is -0.922. The van der Waals surface area contributed by atoms with Crippen LogP contribution in [-0.2, 0) is 4.74 Å². The van der Waals surface area contributed by atoms with Gasteiger partial charge in [0, 0.05) is 42.1 Å². The second-order valence-electron chi connectivity index (χ2n) is 7.41. The number of pyridine rings is 1. The number of hydrogen-bond acceptors (Lipinski definition) is 4. The number of carboxylic acid groups (broad SMARTS) is 1. The molecule has 3 heterocycles. The van der Waals surface area contributed by atoms with Crippen LogP contribution >= 0.6 is 0 Å². The lowest BCUT2D eigenvalue weighted by Crippen LogP contribution is -2.39. The zero-order valence-corrected chi connectivity index (χ0v) is 16.6. The normalized spacial score (nSPS) is 15.9. The van der Waals surface area contributed by atoms with Gasteiger partial charge in [0.15, 0.2) is 0 Å². The van der Waals surface area contributed by atoms with Crippen molar-refractivity contribution < 1.29 is 14.6 Å². The van der Waals surface area contributed by atoms with E-state index >= 15 is 0 Å². The highest BCUT2D eigenvalue weighted by Gasteiger charge is 2.25. The summed E-state index contributed by atoms with van der Waals surface area (Å²) in [4.78, 5) is 14.2. The van der Waals surface area contributed by atoms with Gasteiger partial charge in [0.25, 0.3) is 0 Å². The molecule has 1 unspecified atom stereocenters. The fourth-order valence-corrected chi connectivity index (χ4v) is 4.18. The Kier molecular flexibility index (Phi) is 5.10. The summed E-state index contributed by atoms with van der Waals surface area (Å²) >= 11 is 0. The Hall–Kier alpha value is -3.14. The highest BCUT2D eigenvalue weighted by molar-refractivity contribution is 5.91. The van der Waals surface area contributed by atoms with E-state index in [9.17, 15) is 15.2 Å². The van der Waals surface area contributed by atoms with Gasteiger partial charge in [-0.1, -0.05) is 12.1 Å². The number of fused-ring (bicyclic) bond motifs is 1. The molecule has 0 bridgehead atoms. The molecule has 29 heavy (non-hydrogen) atoms. The number of aromatic carboxylic acids is 1. The molecule has 1 N–H and O–H groups in total. The van der Waals surface area contributed by atoms with E-state index in [1.807, 2.05) is 37.4 Å². The van der Waals surface area contributed by atoms with E-state index in [0.717, 1.165) is 41.0 Å². The van der Waals surface area contributed by atoms with Crippen molar-refractivity contribution in [2.24, 2.45) is 0 Å². The SMILES string of the molecule is Cc1c(C(=O)O)cc2cc(-c3cccc(C#N)c3)cn2c1C(C)N1CCOCC1. The number of rotatable bonds is 4. The molecular weight excluding hydrogens is 366 g/mol. The first-order valence-electron chi connectivity index (χ1n) is 9.71. The van der Waals surface area contributed by atoms with Crippen molar-refractivity contribution in [1.82, 2.24) is 9.30 Å². The summed E-state index contributed by atoms with van der Waals surface area (Å²) < 4.78 is 7.57. The van der Waals surface area contributed by atoms with Crippen LogP contribution in [0.1, 0.15) is 40.1 Å². The van der Waals surface area contributed by atoms with Gasteiger partial charge in [-0.15, -0.1) is 0 Å². The molecule has 1 saturated heterocycles. The molecule has 0 amide bonds. The maximum atomic E-state index is 11.9. The number of nitriles is 1. The standard InChI is InChI=1S/C23H23N3O3/c1-15-21(23(27)28)12-20-11-19(18-5-3-4-17(10-18)13-24)14-26(20)22(15)16(2)25-6-8-29-9-7-25/h3-5,10-12,14,16H,6-9H2,1-2H3,(H,27,28). The molecule has 1 fully saturated rings. The highest BCUT2D eigenvalue weighted by atomic mass is 16.5. The van der Waals surface area contributed by atoms with E-state index < -0.39 is 5.97 Å².